The molecule has 0 amide bonds. The van der Waals surface area contributed by atoms with E-state index in [0.29, 0.717) is 45.5 Å². The summed E-state index contributed by atoms with van der Waals surface area (Å²) >= 11 is 0. The lowest BCUT2D eigenvalue weighted by Crippen LogP contribution is -2.48. The number of hydrogen-bond acceptors (Lipinski definition) is 7. The first-order valence-corrected chi connectivity index (χ1v) is 9.40. The van der Waals surface area contributed by atoms with Gasteiger partial charge in [0.1, 0.15) is 0 Å². The molecule has 3 heterocycles. The van der Waals surface area contributed by atoms with Gasteiger partial charge >= 0.3 is 16.3 Å². The number of carbonyl (C=O) groups excluding carboxylic acids is 1. The molecule has 0 aromatic rings. The Morgan fingerprint density at radius 1 is 1.17 bits per heavy atom. The van der Waals surface area contributed by atoms with Crippen molar-refractivity contribution in [3.63, 3.8) is 0 Å². The van der Waals surface area contributed by atoms with E-state index in [2.05, 4.69) is 0 Å². The summed E-state index contributed by atoms with van der Waals surface area (Å²) in [7, 11) is -4.06. The number of nitrogens with zero attached hydrogens (tertiary/aromatic N) is 1. The predicted octanol–water partition coefficient (Wildman–Crippen LogP) is 0.428. The van der Waals surface area contributed by atoms with Gasteiger partial charge in [0.05, 0.1) is 25.2 Å². The first-order chi connectivity index (χ1) is 10.9. The predicted molar refractivity (Wildman–Crippen MR) is 78.6 cm³/mol. The van der Waals surface area contributed by atoms with Crippen LogP contribution in [0.15, 0.2) is 0 Å². The van der Waals surface area contributed by atoms with E-state index in [1.165, 1.54) is 4.31 Å². The molecule has 132 valence electrons. The largest absolute Gasteiger partial charge is 0.387 e. The van der Waals surface area contributed by atoms with Crippen molar-refractivity contribution in [1.29, 1.82) is 0 Å². The Morgan fingerprint density at radius 2 is 1.83 bits per heavy atom. The Bertz CT molecular complexity index is 533. The Balaban J connectivity index is 1.55. The van der Waals surface area contributed by atoms with Crippen LogP contribution < -0.4 is 0 Å². The molecule has 8 nitrogen and oxygen atoms in total. The quantitative estimate of drug-likeness (QED) is 0.729. The van der Waals surface area contributed by atoms with E-state index in [-0.39, 0.29) is 19.2 Å². The van der Waals surface area contributed by atoms with Crippen molar-refractivity contribution >= 4 is 16.3 Å². The van der Waals surface area contributed by atoms with Gasteiger partial charge in [0, 0.05) is 32.5 Å². The molecule has 2 unspecified atom stereocenters. The normalized spacial score (nSPS) is 32.0. The average molecular weight is 349 g/mol. The zero-order chi connectivity index (χ0) is 16.5. The molecule has 2 atom stereocenters. The van der Waals surface area contributed by atoms with Gasteiger partial charge in [-0.1, -0.05) is 0 Å². The number of hydrogen-bond donors (Lipinski definition) is 0. The van der Waals surface area contributed by atoms with Crippen LogP contribution in [0.3, 0.4) is 0 Å². The Kier molecular flexibility index (Phi) is 4.93. The molecule has 0 aliphatic carbocycles. The maximum absolute atomic E-state index is 12.3. The third-order valence-corrected chi connectivity index (χ3v) is 5.99. The van der Waals surface area contributed by atoms with Crippen LogP contribution in [-0.2, 0) is 33.5 Å². The van der Waals surface area contributed by atoms with Crippen LogP contribution in [0.5, 0.6) is 0 Å². The molecule has 0 radical (unpaired) electrons. The van der Waals surface area contributed by atoms with Crippen molar-refractivity contribution < 1.29 is 31.6 Å². The van der Waals surface area contributed by atoms with Crippen LogP contribution >= 0.6 is 0 Å². The van der Waals surface area contributed by atoms with Gasteiger partial charge in [-0.25, -0.2) is 0 Å². The fraction of sp³-hybridized carbons (Fsp3) is 0.929. The van der Waals surface area contributed by atoms with Gasteiger partial charge in [0.15, 0.2) is 5.79 Å². The minimum atomic E-state index is -4.06. The summed E-state index contributed by atoms with van der Waals surface area (Å²) in [5.41, 5.74) is 0. The second-order valence-electron chi connectivity index (χ2n) is 6.27. The molecule has 1 spiro atoms. The van der Waals surface area contributed by atoms with Gasteiger partial charge in [-0.15, -0.1) is 0 Å². The van der Waals surface area contributed by atoms with Gasteiger partial charge in [-0.05, 0) is 19.8 Å². The molecule has 0 N–H and O–H groups in total. The van der Waals surface area contributed by atoms with E-state index >= 15 is 0 Å². The fourth-order valence-electron chi connectivity index (χ4n) is 3.27. The Labute approximate surface area is 136 Å². The van der Waals surface area contributed by atoms with Crippen LogP contribution in [0.1, 0.15) is 32.6 Å². The van der Waals surface area contributed by atoms with E-state index < -0.39 is 28.0 Å². The lowest BCUT2D eigenvalue weighted by atomic mass is 9.97. The smallest absolute Gasteiger partial charge is 0.378 e. The first kappa shape index (κ1) is 17.1. The minimum Gasteiger partial charge on any atom is -0.378 e. The highest BCUT2D eigenvalue weighted by molar-refractivity contribution is 7.84. The summed E-state index contributed by atoms with van der Waals surface area (Å²) in [6.07, 6.45) is 1.80. The summed E-state index contributed by atoms with van der Waals surface area (Å²) in [6, 6.07) is 0. The lowest BCUT2D eigenvalue weighted by molar-refractivity contribution is -0.179. The van der Waals surface area contributed by atoms with Crippen molar-refractivity contribution in [2.24, 2.45) is 5.92 Å². The highest BCUT2D eigenvalue weighted by atomic mass is 32.2. The van der Waals surface area contributed by atoms with E-state index in [1.807, 2.05) is 6.92 Å². The zero-order valence-electron chi connectivity index (χ0n) is 13.2. The van der Waals surface area contributed by atoms with E-state index in [1.54, 1.807) is 0 Å². The molecular weight excluding hydrogens is 326 g/mol. The van der Waals surface area contributed by atoms with Gasteiger partial charge in [0.2, 0.25) is 0 Å². The number of rotatable bonds is 3. The molecule has 0 bridgehead atoms. The van der Waals surface area contributed by atoms with Crippen LogP contribution in [0.25, 0.3) is 0 Å². The van der Waals surface area contributed by atoms with Crippen LogP contribution in [-0.4, -0.2) is 63.5 Å². The van der Waals surface area contributed by atoms with E-state index in [9.17, 15) is 13.2 Å². The van der Waals surface area contributed by atoms with E-state index in [0.717, 1.165) is 0 Å². The zero-order valence-corrected chi connectivity index (χ0v) is 14.0. The lowest BCUT2D eigenvalue weighted by Gasteiger charge is -2.36. The van der Waals surface area contributed by atoms with Crippen LogP contribution in [0, 0.1) is 5.92 Å². The van der Waals surface area contributed by atoms with Crippen molar-refractivity contribution in [2.45, 2.75) is 44.5 Å². The monoisotopic (exact) mass is 349 g/mol. The summed E-state index contributed by atoms with van der Waals surface area (Å²) < 4.78 is 47.1. The van der Waals surface area contributed by atoms with E-state index in [4.69, 9.17) is 18.4 Å². The molecule has 3 saturated heterocycles. The fourth-order valence-corrected chi connectivity index (χ4v) is 4.35. The molecule has 0 aromatic carbocycles. The second-order valence-corrected chi connectivity index (χ2v) is 7.81. The summed E-state index contributed by atoms with van der Waals surface area (Å²) in [6.45, 7) is 3.81. The summed E-state index contributed by atoms with van der Waals surface area (Å²) in [5, 5.41) is 0. The molecule has 3 fully saturated rings. The second kappa shape index (κ2) is 6.64. The SMILES string of the molecule is CC1CC(C(=O)OS(=O)(=O)N2CCC3(CC2)OCCO3)CCO1. The van der Waals surface area contributed by atoms with Crippen LogP contribution in [0.2, 0.25) is 0 Å². The maximum atomic E-state index is 12.3. The molecule has 0 saturated carbocycles. The molecule has 9 heteroatoms. The minimum absolute atomic E-state index is 0.0597. The Hall–Kier alpha value is -0.740. The van der Waals surface area contributed by atoms with Crippen molar-refractivity contribution in [2.75, 3.05) is 32.9 Å². The molecule has 3 rings (SSSR count). The number of piperidine rings is 1. The Morgan fingerprint density at radius 3 is 2.43 bits per heavy atom. The summed E-state index contributed by atoms with van der Waals surface area (Å²) in [5.74, 6) is -1.77. The van der Waals surface area contributed by atoms with Gasteiger partial charge in [0.25, 0.3) is 0 Å². The number of ether oxygens (including phenoxy) is 3. The van der Waals surface area contributed by atoms with Gasteiger partial charge in [-0.2, -0.15) is 12.7 Å². The molecule has 0 aromatic heterocycles. The van der Waals surface area contributed by atoms with Crippen LogP contribution in [0.4, 0.5) is 0 Å². The molecule has 3 aliphatic rings. The van der Waals surface area contributed by atoms with Crippen molar-refractivity contribution in [3.05, 3.63) is 0 Å². The topological polar surface area (TPSA) is 91.4 Å². The molecule has 23 heavy (non-hydrogen) atoms. The highest BCUT2D eigenvalue weighted by Gasteiger charge is 2.43. The number of carbonyl (C=O) groups is 1. The maximum Gasteiger partial charge on any atom is 0.387 e. The molecular formula is C14H23NO7S. The third kappa shape index (κ3) is 3.85. The van der Waals surface area contributed by atoms with Gasteiger partial charge in [-0.3, -0.25) is 4.79 Å². The molecule has 3 aliphatic heterocycles. The third-order valence-electron chi connectivity index (χ3n) is 4.62. The first-order valence-electron chi connectivity index (χ1n) is 8.03. The highest BCUT2D eigenvalue weighted by Crippen LogP contribution is 2.32. The van der Waals surface area contributed by atoms with Gasteiger partial charge < -0.3 is 18.4 Å². The average Bonchev–Trinajstić information content (AvgIpc) is 2.95. The van der Waals surface area contributed by atoms with Crippen molar-refractivity contribution in [3.8, 4) is 0 Å². The summed E-state index contributed by atoms with van der Waals surface area (Å²) in [4.78, 5) is 12.1. The standard InChI is InChI=1S/C14H23NO7S/c1-11-10-12(2-7-19-11)13(16)22-23(17,18)15-5-3-14(4-6-15)20-8-9-21-14/h11-12H,2-10H2,1H3. The van der Waals surface area contributed by atoms with Crippen molar-refractivity contribution in [1.82, 2.24) is 4.31 Å².